The molecule has 0 amide bonds. The zero-order valence-electron chi connectivity index (χ0n) is 9.18. The van der Waals surface area contributed by atoms with E-state index in [4.69, 9.17) is 4.74 Å². The standard InChI is InChI=1S/C11H23NO/c1-9-6-10(2)8-11(7-9)12-4-5-13-3/h9-12H,4-8H2,1-3H3. The first-order chi connectivity index (χ1) is 6.22. The van der Waals surface area contributed by atoms with Crippen LogP contribution < -0.4 is 5.32 Å². The first-order valence-corrected chi connectivity index (χ1v) is 5.44. The van der Waals surface area contributed by atoms with E-state index in [2.05, 4.69) is 19.2 Å². The fraction of sp³-hybridized carbons (Fsp3) is 1.00. The zero-order chi connectivity index (χ0) is 9.68. The van der Waals surface area contributed by atoms with Crippen LogP contribution >= 0.6 is 0 Å². The monoisotopic (exact) mass is 185 g/mol. The van der Waals surface area contributed by atoms with Crippen molar-refractivity contribution >= 4 is 0 Å². The van der Waals surface area contributed by atoms with Crippen molar-refractivity contribution in [2.45, 2.75) is 39.2 Å². The van der Waals surface area contributed by atoms with Crippen molar-refractivity contribution in [3.63, 3.8) is 0 Å². The molecule has 0 heterocycles. The van der Waals surface area contributed by atoms with E-state index in [1.807, 2.05) is 0 Å². The minimum Gasteiger partial charge on any atom is -0.383 e. The summed E-state index contributed by atoms with van der Waals surface area (Å²) in [5.41, 5.74) is 0. The molecule has 0 aromatic heterocycles. The Hall–Kier alpha value is -0.0800. The summed E-state index contributed by atoms with van der Waals surface area (Å²) in [5.74, 6) is 1.78. The maximum atomic E-state index is 5.02. The lowest BCUT2D eigenvalue weighted by Crippen LogP contribution is -2.37. The predicted octanol–water partition coefficient (Wildman–Crippen LogP) is 2.05. The summed E-state index contributed by atoms with van der Waals surface area (Å²) in [6, 6.07) is 0.730. The molecule has 0 saturated heterocycles. The third kappa shape index (κ3) is 4.10. The van der Waals surface area contributed by atoms with Crippen molar-refractivity contribution in [1.82, 2.24) is 5.32 Å². The van der Waals surface area contributed by atoms with E-state index in [0.29, 0.717) is 0 Å². The quantitative estimate of drug-likeness (QED) is 0.677. The van der Waals surface area contributed by atoms with Crippen molar-refractivity contribution in [2.24, 2.45) is 11.8 Å². The Balaban J connectivity index is 2.17. The van der Waals surface area contributed by atoms with Gasteiger partial charge in [-0.15, -0.1) is 0 Å². The molecule has 1 rings (SSSR count). The van der Waals surface area contributed by atoms with Gasteiger partial charge in [0.1, 0.15) is 0 Å². The minimum absolute atomic E-state index is 0.730. The third-order valence-electron chi connectivity index (χ3n) is 2.92. The zero-order valence-corrected chi connectivity index (χ0v) is 9.18. The highest BCUT2D eigenvalue weighted by molar-refractivity contribution is 4.79. The van der Waals surface area contributed by atoms with Crippen LogP contribution in [-0.2, 0) is 4.74 Å². The largest absolute Gasteiger partial charge is 0.383 e. The Morgan fingerprint density at radius 2 is 1.77 bits per heavy atom. The van der Waals surface area contributed by atoms with E-state index < -0.39 is 0 Å². The number of hydrogen-bond acceptors (Lipinski definition) is 2. The molecule has 1 fully saturated rings. The molecular weight excluding hydrogens is 162 g/mol. The van der Waals surface area contributed by atoms with Crippen LogP contribution in [0.2, 0.25) is 0 Å². The Kier molecular flexibility index (Phi) is 4.74. The SMILES string of the molecule is COCCNC1CC(C)CC(C)C1. The molecule has 13 heavy (non-hydrogen) atoms. The molecule has 2 unspecified atom stereocenters. The summed E-state index contributed by atoms with van der Waals surface area (Å²) >= 11 is 0. The molecule has 1 aliphatic carbocycles. The molecule has 0 aromatic carbocycles. The fourth-order valence-corrected chi connectivity index (χ4v) is 2.48. The van der Waals surface area contributed by atoms with Crippen LogP contribution in [0.5, 0.6) is 0 Å². The van der Waals surface area contributed by atoms with E-state index in [0.717, 1.165) is 31.0 Å². The van der Waals surface area contributed by atoms with Crippen LogP contribution in [0, 0.1) is 11.8 Å². The van der Waals surface area contributed by atoms with Crippen LogP contribution in [0.4, 0.5) is 0 Å². The Morgan fingerprint density at radius 3 is 2.31 bits per heavy atom. The van der Waals surface area contributed by atoms with Gasteiger partial charge in [-0.1, -0.05) is 13.8 Å². The predicted molar refractivity (Wildman–Crippen MR) is 55.8 cm³/mol. The number of ether oxygens (including phenoxy) is 1. The second kappa shape index (κ2) is 5.61. The third-order valence-corrected chi connectivity index (χ3v) is 2.92. The van der Waals surface area contributed by atoms with Gasteiger partial charge in [0.2, 0.25) is 0 Å². The summed E-state index contributed by atoms with van der Waals surface area (Å²) in [4.78, 5) is 0. The summed E-state index contributed by atoms with van der Waals surface area (Å²) in [5, 5.41) is 3.56. The lowest BCUT2D eigenvalue weighted by molar-refractivity contribution is 0.180. The molecule has 0 bridgehead atoms. The summed E-state index contributed by atoms with van der Waals surface area (Å²) in [7, 11) is 1.76. The molecule has 1 aliphatic rings. The van der Waals surface area contributed by atoms with E-state index in [1.54, 1.807) is 7.11 Å². The molecular formula is C11H23NO. The van der Waals surface area contributed by atoms with Crippen molar-refractivity contribution in [3.8, 4) is 0 Å². The van der Waals surface area contributed by atoms with E-state index >= 15 is 0 Å². The van der Waals surface area contributed by atoms with Gasteiger partial charge in [-0.3, -0.25) is 0 Å². The number of rotatable bonds is 4. The summed E-state index contributed by atoms with van der Waals surface area (Å²) in [6.45, 7) is 6.56. The molecule has 1 N–H and O–H groups in total. The topological polar surface area (TPSA) is 21.3 Å². The van der Waals surface area contributed by atoms with E-state index in [1.165, 1.54) is 19.3 Å². The molecule has 78 valence electrons. The average molecular weight is 185 g/mol. The van der Waals surface area contributed by atoms with Gasteiger partial charge in [0.25, 0.3) is 0 Å². The van der Waals surface area contributed by atoms with Gasteiger partial charge in [-0.25, -0.2) is 0 Å². The first-order valence-electron chi connectivity index (χ1n) is 5.44. The summed E-state index contributed by atoms with van der Waals surface area (Å²) in [6.07, 6.45) is 4.09. The number of nitrogens with one attached hydrogen (secondary N) is 1. The van der Waals surface area contributed by atoms with Gasteiger partial charge in [0.05, 0.1) is 6.61 Å². The van der Waals surface area contributed by atoms with Gasteiger partial charge in [0, 0.05) is 19.7 Å². The maximum absolute atomic E-state index is 5.02. The van der Waals surface area contributed by atoms with E-state index in [9.17, 15) is 0 Å². The molecule has 0 aromatic rings. The minimum atomic E-state index is 0.730. The van der Waals surface area contributed by atoms with Crippen LogP contribution in [0.3, 0.4) is 0 Å². The number of hydrogen-bond donors (Lipinski definition) is 1. The van der Waals surface area contributed by atoms with Crippen LogP contribution in [-0.4, -0.2) is 26.3 Å². The van der Waals surface area contributed by atoms with Gasteiger partial charge in [-0.2, -0.15) is 0 Å². The van der Waals surface area contributed by atoms with Gasteiger partial charge < -0.3 is 10.1 Å². The van der Waals surface area contributed by atoms with Crippen LogP contribution in [0.25, 0.3) is 0 Å². The van der Waals surface area contributed by atoms with Crippen molar-refractivity contribution in [3.05, 3.63) is 0 Å². The van der Waals surface area contributed by atoms with Crippen molar-refractivity contribution in [1.29, 1.82) is 0 Å². The molecule has 1 saturated carbocycles. The Morgan fingerprint density at radius 1 is 1.15 bits per heavy atom. The van der Waals surface area contributed by atoms with Gasteiger partial charge in [-0.05, 0) is 31.1 Å². The smallest absolute Gasteiger partial charge is 0.0587 e. The van der Waals surface area contributed by atoms with E-state index in [-0.39, 0.29) is 0 Å². The van der Waals surface area contributed by atoms with Gasteiger partial charge in [0.15, 0.2) is 0 Å². The molecule has 2 atom stereocenters. The summed E-state index contributed by atoms with van der Waals surface area (Å²) < 4.78 is 5.02. The van der Waals surface area contributed by atoms with Crippen LogP contribution in [0.1, 0.15) is 33.1 Å². The normalized spacial score (nSPS) is 34.8. The highest BCUT2D eigenvalue weighted by atomic mass is 16.5. The van der Waals surface area contributed by atoms with Crippen LogP contribution in [0.15, 0.2) is 0 Å². The average Bonchev–Trinajstić information content (AvgIpc) is 2.03. The molecule has 0 radical (unpaired) electrons. The van der Waals surface area contributed by atoms with Crippen molar-refractivity contribution < 1.29 is 4.74 Å². The molecule has 2 nitrogen and oxygen atoms in total. The molecule has 0 aliphatic heterocycles. The maximum Gasteiger partial charge on any atom is 0.0587 e. The molecule has 2 heteroatoms. The number of methoxy groups -OCH3 is 1. The lowest BCUT2D eigenvalue weighted by atomic mass is 9.80. The fourth-order valence-electron chi connectivity index (χ4n) is 2.48. The Bertz CT molecular complexity index is 128. The first kappa shape index (κ1) is 11.0. The van der Waals surface area contributed by atoms with Gasteiger partial charge >= 0.3 is 0 Å². The second-order valence-electron chi connectivity index (χ2n) is 4.56. The lowest BCUT2D eigenvalue weighted by Gasteiger charge is -2.32. The second-order valence-corrected chi connectivity index (χ2v) is 4.56. The molecule has 0 spiro atoms. The highest BCUT2D eigenvalue weighted by Crippen LogP contribution is 2.28. The van der Waals surface area contributed by atoms with Crippen molar-refractivity contribution in [2.75, 3.05) is 20.3 Å². The highest BCUT2D eigenvalue weighted by Gasteiger charge is 2.22. The Labute approximate surface area is 82.0 Å².